The fourth-order valence-corrected chi connectivity index (χ4v) is 3.36. The molecule has 1 aromatic carbocycles. The lowest BCUT2D eigenvalue weighted by Crippen LogP contribution is -2.41. The summed E-state index contributed by atoms with van der Waals surface area (Å²) in [6.45, 7) is 4.66. The van der Waals surface area contributed by atoms with Crippen molar-refractivity contribution in [2.24, 2.45) is 0 Å². The molecule has 1 aliphatic rings. The van der Waals surface area contributed by atoms with Crippen LogP contribution in [-0.2, 0) is 22.6 Å². The first kappa shape index (κ1) is 19.1. The number of rotatable bonds is 5. The van der Waals surface area contributed by atoms with Gasteiger partial charge in [-0.1, -0.05) is 18.2 Å². The second-order valence-corrected chi connectivity index (χ2v) is 7.12. The molecule has 0 spiro atoms. The van der Waals surface area contributed by atoms with Gasteiger partial charge in [0, 0.05) is 25.8 Å². The molecule has 0 saturated carbocycles. The largest absolute Gasteiger partial charge is 0.375 e. The molecule has 8 nitrogen and oxygen atoms in total. The number of aromatic nitrogens is 3. The zero-order valence-corrected chi connectivity index (χ0v) is 16.2. The summed E-state index contributed by atoms with van der Waals surface area (Å²) in [5, 5.41) is 3.33. The van der Waals surface area contributed by atoms with E-state index in [9.17, 15) is 9.59 Å². The van der Waals surface area contributed by atoms with Gasteiger partial charge in [0.15, 0.2) is 0 Å². The molecular weight excluding hydrogens is 370 g/mol. The van der Waals surface area contributed by atoms with Gasteiger partial charge in [-0.25, -0.2) is 9.97 Å². The van der Waals surface area contributed by atoms with Gasteiger partial charge in [-0.15, -0.1) is 0 Å². The minimum absolute atomic E-state index is 0.0755. The molecule has 1 fully saturated rings. The number of hydrogen-bond donors (Lipinski definition) is 1. The molecule has 1 saturated heterocycles. The van der Waals surface area contributed by atoms with Gasteiger partial charge in [-0.3, -0.25) is 14.2 Å². The summed E-state index contributed by atoms with van der Waals surface area (Å²) in [5.74, 6) is 0.652. The Balaban J connectivity index is 1.35. The Kier molecular flexibility index (Phi) is 5.53. The van der Waals surface area contributed by atoms with E-state index in [1.165, 1.54) is 10.9 Å². The maximum Gasteiger partial charge on any atom is 0.261 e. The van der Waals surface area contributed by atoms with Crippen molar-refractivity contribution in [1.82, 2.24) is 19.9 Å². The molecule has 0 aliphatic carbocycles. The Hall–Kier alpha value is -3.26. The number of morpholine rings is 1. The average molecular weight is 393 g/mol. The fourth-order valence-electron chi connectivity index (χ4n) is 3.36. The van der Waals surface area contributed by atoms with Gasteiger partial charge in [0.05, 0.1) is 29.9 Å². The summed E-state index contributed by atoms with van der Waals surface area (Å²) >= 11 is 0. The smallest absolute Gasteiger partial charge is 0.261 e. The van der Waals surface area contributed by atoms with E-state index >= 15 is 0 Å². The maximum atomic E-state index is 12.5. The van der Waals surface area contributed by atoms with Crippen LogP contribution in [0.3, 0.4) is 0 Å². The highest BCUT2D eigenvalue weighted by Gasteiger charge is 2.17. The van der Waals surface area contributed by atoms with Crippen LogP contribution in [0.15, 0.2) is 53.7 Å². The molecule has 4 rings (SSSR count). The SMILES string of the molecule is CC1CN(c2ccc(CNC(=O)Cn3cnc4ccccc4c3=O)cn2)CCO1. The lowest BCUT2D eigenvalue weighted by Gasteiger charge is -2.32. The standard InChI is InChI=1S/C21H23N5O3/c1-15-12-25(8-9-29-15)19-7-6-16(10-22-19)11-23-20(27)13-26-14-24-18-5-3-2-4-17(18)21(26)28/h2-7,10,14-15H,8-9,11-13H2,1H3,(H,23,27). The fraction of sp³-hybridized carbons (Fsp3) is 0.333. The van der Waals surface area contributed by atoms with E-state index in [0.717, 1.165) is 24.5 Å². The predicted octanol–water partition coefficient (Wildman–Crippen LogP) is 1.33. The van der Waals surface area contributed by atoms with E-state index in [4.69, 9.17) is 4.74 Å². The molecule has 1 atom stereocenters. The van der Waals surface area contributed by atoms with Crippen LogP contribution in [0.5, 0.6) is 0 Å². The number of nitrogens with zero attached hydrogens (tertiary/aromatic N) is 4. The Bertz CT molecular complexity index is 1060. The van der Waals surface area contributed by atoms with E-state index in [1.54, 1.807) is 24.4 Å². The van der Waals surface area contributed by atoms with Crippen molar-refractivity contribution in [2.45, 2.75) is 26.1 Å². The quantitative estimate of drug-likeness (QED) is 0.704. The highest BCUT2D eigenvalue weighted by molar-refractivity contribution is 5.78. The number of pyridine rings is 1. The van der Waals surface area contributed by atoms with Gasteiger partial charge < -0.3 is 15.0 Å². The Morgan fingerprint density at radius 3 is 2.90 bits per heavy atom. The molecule has 1 N–H and O–H groups in total. The van der Waals surface area contributed by atoms with Crippen LogP contribution in [0.2, 0.25) is 0 Å². The number of carbonyl (C=O) groups excluding carboxylic acids is 1. The molecule has 3 aromatic rings. The highest BCUT2D eigenvalue weighted by atomic mass is 16.5. The molecule has 0 bridgehead atoms. The monoisotopic (exact) mass is 393 g/mol. The van der Waals surface area contributed by atoms with Gasteiger partial charge in [0.25, 0.3) is 5.56 Å². The van der Waals surface area contributed by atoms with Crippen molar-refractivity contribution in [2.75, 3.05) is 24.6 Å². The van der Waals surface area contributed by atoms with E-state index in [-0.39, 0.29) is 24.1 Å². The molecular formula is C21H23N5O3. The van der Waals surface area contributed by atoms with E-state index in [0.29, 0.717) is 24.1 Å². The summed E-state index contributed by atoms with van der Waals surface area (Å²) in [4.78, 5) is 35.7. The molecule has 1 unspecified atom stereocenters. The number of nitrogens with one attached hydrogen (secondary N) is 1. The summed E-state index contributed by atoms with van der Waals surface area (Å²) in [6.07, 6.45) is 3.36. The van der Waals surface area contributed by atoms with Gasteiger partial charge in [0.1, 0.15) is 12.4 Å². The van der Waals surface area contributed by atoms with Crippen molar-refractivity contribution in [3.8, 4) is 0 Å². The number of fused-ring (bicyclic) bond motifs is 1. The summed E-state index contributed by atoms with van der Waals surface area (Å²) < 4.78 is 6.87. The van der Waals surface area contributed by atoms with Crippen molar-refractivity contribution in [3.63, 3.8) is 0 Å². The highest BCUT2D eigenvalue weighted by Crippen LogP contribution is 2.15. The van der Waals surface area contributed by atoms with Crippen LogP contribution >= 0.6 is 0 Å². The molecule has 1 aliphatic heterocycles. The number of carbonyl (C=O) groups is 1. The minimum Gasteiger partial charge on any atom is -0.375 e. The van der Waals surface area contributed by atoms with Crippen molar-refractivity contribution < 1.29 is 9.53 Å². The lowest BCUT2D eigenvalue weighted by atomic mass is 10.2. The van der Waals surface area contributed by atoms with Crippen molar-refractivity contribution in [3.05, 3.63) is 64.8 Å². The first-order valence-electron chi connectivity index (χ1n) is 9.62. The van der Waals surface area contributed by atoms with Crippen LogP contribution in [0.1, 0.15) is 12.5 Å². The van der Waals surface area contributed by atoms with Crippen molar-refractivity contribution >= 4 is 22.6 Å². The number of para-hydroxylation sites is 1. The number of benzene rings is 1. The second-order valence-electron chi connectivity index (χ2n) is 7.12. The maximum absolute atomic E-state index is 12.5. The zero-order valence-electron chi connectivity index (χ0n) is 16.2. The first-order valence-corrected chi connectivity index (χ1v) is 9.62. The third kappa shape index (κ3) is 4.43. The Morgan fingerprint density at radius 2 is 2.10 bits per heavy atom. The summed E-state index contributed by atoms with van der Waals surface area (Å²) in [7, 11) is 0. The predicted molar refractivity (Wildman–Crippen MR) is 110 cm³/mol. The minimum atomic E-state index is -0.254. The second kappa shape index (κ2) is 8.40. The van der Waals surface area contributed by atoms with Gasteiger partial charge in [0.2, 0.25) is 5.91 Å². The molecule has 3 heterocycles. The first-order chi connectivity index (χ1) is 14.1. The zero-order chi connectivity index (χ0) is 20.2. The molecule has 150 valence electrons. The Morgan fingerprint density at radius 1 is 1.24 bits per heavy atom. The van der Waals surface area contributed by atoms with Crippen LogP contribution in [0.4, 0.5) is 5.82 Å². The van der Waals surface area contributed by atoms with Gasteiger partial charge >= 0.3 is 0 Å². The third-order valence-corrected chi connectivity index (χ3v) is 4.91. The number of hydrogen-bond acceptors (Lipinski definition) is 6. The number of ether oxygens (including phenoxy) is 1. The van der Waals surface area contributed by atoms with Crippen LogP contribution in [0, 0.1) is 0 Å². The lowest BCUT2D eigenvalue weighted by molar-refractivity contribution is -0.121. The molecule has 0 radical (unpaired) electrons. The van der Waals surface area contributed by atoms with Crippen LogP contribution in [0.25, 0.3) is 10.9 Å². The van der Waals surface area contributed by atoms with E-state index in [1.807, 2.05) is 25.1 Å². The van der Waals surface area contributed by atoms with E-state index < -0.39 is 0 Å². The van der Waals surface area contributed by atoms with Gasteiger partial charge in [-0.2, -0.15) is 0 Å². The molecule has 29 heavy (non-hydrogen) atoms. The summed E-state index contributed by atoms with van der Waals surface area (Å²) in [6, 6.07) is 11.0. The average Bonchev–Trinajstić information content (AvgIpc) is 2.75. The van der Waals surface area contributed by atoms with Gasteiger partial charge in [-0.05, 0) is 30.7 Å². The number of anilines is 1. The summed E-state index contributed by atoms with van der Waals surface area (Å²) in [5.41, 5.74) is 1.29. The third-order valence-electron chi connectivity index (χ3n) is 4.91. The van der Waals surface area contributed by atoms with Crippen LogP contribution < -0.4 is 15.8 Å². The Labute approximate surface area is 168 Å². The molecule has 2 aromatic heterocycles. The molecule has 1 amide bonds. The normalized spacial score (nSPS) is 16.7. The molecule has 8 heteroatoms. The number of amides is 1. The van der Waals surface area contributed by atoms with Crippen LogP contribution in [-0.4, -0.2) is 46.2 Å². The van der Waals surface area contributed by atoms with E-state index in [2.05, 4.69) is 20.2 Å². The topological polar surface area (TPSA) is 89.4 Å². The van der Waals surface area contributed by atoms with Crippen molar-refractivity contribution in [1.29, 1.82) is 0 Å².